The predicted molar refractivity (Wildman–Crippen MR) is 68.8 cm³/mol. The minimum atomic E-state index is 0.689. The van der Waals surface area contributed by atoms with Crippen molar-refractivity contribution in [1.82, 2.24) is 19.7 Å². The summed E-state index contributed by atoms with van der Waals surface area (Å²) in [7, 11) is 1.88. The molecule has 0 fully saturated rings. The molecule has 18 heavy (non-hydrogen) atoms. The number of nitrogens with one attached hydrogen (secondary N) is 1. The Kier molecular flexibility index (Phi) is 3.80. The first kappa shape index (κ1) is 12.4. The average molecular weight is 243 g/mol. The molecule has 0 aliphatic rings. The molecule has 0 amide bonds. The summed E-state index contributed by atoms with van der Waals surface area (Å²) in [5.41, 5.74) is 3.00. The Labute approximate surface area is 107 Å². The van der Waals surface area contributed by atoms with E-state index in [1.165, 1.54) is 5.56 Å². The van der Waals surface area contributed by atoms with Crippen LogP contribution in [0.3, 0.4) is 0 Å². The summed E-state index contributed by atoms with van der Waals surface area (Å²) in [4.78, 5) is 0. The van der Waals surface area contributed by atoms with Crippen LogP contribution in [0.2, 0.25) is 0 Å². The second kappa shape index (κ2) is 5.52. The third-order valence-corrected chi connectivity index (χ3v) is 2.79. The normalized spacial score (nSPS) is 10.5. The van der Waals surface area contributed by atoms with Crippen molar-refractivity contribution in [3.8, 4) is 6.07 Å². The van der Waals surface area contributed by atoms with Crippen LogP contribution in [0.1, 0.15) is 16.8 Å². The van der Waals surface area contributed by atoms with E-state index in [4.69, 9.17) is 5.26 Å². The van der Waals surface area contributed by atoms with Gasteiger partial charge in [-0.05, 0) is 24.1 Å². The first-order chi connectivity index (χ1) is 8.69. The van der Waals surface area contributed by atoms with Crippen molar-refractivity contribution in [2.45, 2.75) is 20.0 Å². The van der Waals surface area contributed by atoms with E-state index in [1.54, 1.807) is 0 Å². The van der Waals surface area contributed by atoms with Crippen molar-refractivity contribution in [3.05, 3.63) is 41.5 Å². The SMILES string of the molecule is Cc1cnn(CCNCc2cc(C#N)n(C)c2)c1. The molecule has 0 unspecified atom stereocenters. The molecule has 0 spiro atoms. The molecule has 0 aromatic carbocycles. The number of aromatic nitrogens is 3. The molecule has 0 atom stereocenters. The smallest absolute Gasteiger partial charge is 0.120 e. The van der Waals surface area contributed by atoms with Gasteiger partial charge >= 0.3 is 0 Å². The standard InChI is InChI=1S/C13H17N5/c1-11-7-16-18(9-11)4-3-15-8-12-5-13(6-14)17(2)10-12/h5,7,9-10,15H,3-4,8H2,1-2H3. The average Bonchev–Trinajstić information content (AvgIpc) is 2.91. The molecule has 1 N–H and O–H groups in total. The highest BCUT2D eigenvalue weighted by atomic mass is 15.3. The molecular weight excluding hydrogens is 226 g/mol. The van der Waals surface area contributed by atoms with Crippen LogP contribution in [0, 0.1) is 18.3 Å². The Balaban J connectivity index is 1.77. The highest BCUT2D eigenvalue weighted by molar-refractivity contribution is 5.28. The highest BCUT2D eigenvalue weighted by Gasteiger charge is 2.01. The van der Waals surface area contributed by atoms with Crippen LogP contribution < -0.4 is 5.32 Å². The van der Waals surface area contributed by atoms with Crippen LogP contribution in [0.25, 0.3) is 0 Å². The number of hydrogen-bond donors (Lipinski definition) is 1. The number of nitrogens with zero attached hydrogens (tertiary/aromatic N) is 4. The molecule has 0 aliphatic heterocycles. The van der Waals surface area contributed by atoms with Gasteiger partial charge in [0.05, 0.1) is 12.7 Å². The lowest BCUT2D eigenvalue weighted by Gasteiger charge is -2.03. The van der Waals surface area contributed by atoms with Gasteiger partial charge in [0.1, 0.15) is 11.8 Å². The van der Waals surface area contributed by atoms with Gasteiger partial charge in [0.15, 0.2) is 0 Å². The molecule has 0 bridgehead atoms. The van der Waals surface area contributed by atoms with Crippen molar-refractivity contribution in [3.63, 3.8) is 0 Å². The molecule has 5 nitrogen and oxygen atoms in total. The van der Waals surface area contributed by atoms with Gasteiger partial charge in [0.25, 0.3) is 0 Å². The lowest BCUT2D eigenvalue weighted by Crippen LogP contribution is -2.19. The van der Waals surface area contributed by atoms with E-state index in [1.807, 2.05) is 47.9 Å². The number of hydrogen-bond acceptors (Lipinski definition) is 3. The van der Waals surface area contributed by atoms with Gasteiger partial charge in [-0.1, -0.05) is 0 Å². The Hall–Kier alpha value is -2.06. The van der Waals surface area contributed by atoms with E-state index in [9.17, 15) is 0 Å². The molecule has 2 heterocycles. The molecule has 0 radical (unpaired) electrons. The van der Waals surface area contributed by atoms with Crippen LogP contribution >= 0.6 is 0 Å². The van der Waals surface area contributed by atoms with Crippen LogP contribution in [0.4, 0.5) is 0 Å². The molecule has 5 heteroatoms. The first-order valence-corrected chi connectivity index (χ1v) is 5.94. The summed E-state index contributed by atoms with van der Waals surface area (Å²) < 4.78 is 3.77. The fourth-order valence-corrected chi connectivity index (χ4v) is 1.86. The maximum absolute atomic E-state index is 8.85. The number of rotatable bonds is 5. The zero-order chi connectivity index (χ0) is 13.0. The molecule has 0 aliphatic carbocycles. The Morgan fingerprint density at radius 3 is 2.89 bits per heavy atom. The van der Waals surface area contributed by atoms with Crippen molar-refractivity contribution in [1.29, 1.82) is 5.26 Å². The summed E-state index contributed by atoms with van der Waals surface area (Å²) in [5, 5.41) is 16.4. The summed E-state index contributed by atoms with van der Waals surface area (Å²) >= 11 is 0. The predicted octanol–water partition coefficient (Wildman–Crippen LogP) is 1.19. The maximum atomic E-state index is 8.85. The Morgan fingerprint density at radius 1 is 1.44 bits per heavy atom. The van der Waals surface area contributed by atoms with E-state index in [2.05, 4.69) is 16.5 Å². The third kappa shape index (κ3) is 2.99. The van der Waals surface area contributed by atoms with Gasteiger partial charge in [0.2, 0.25) is 0 Å². The van der Waals surface area contributed by atoms with Crippen LogP contribution in [0.15, 0.2) is 24.7 Å². The quantitative estimate of drug-likeness (QED) is 0.802. The van der Waals surface area contributed by atoms with Gasteiger partial charge < -0.3 is 9.88 Å². The first-order valence-electron chi connectivity index (χ1n) is 5.94. The summed E-state index contributed by atoms with van der Waals surface area (Å²) in [6.45, 7) is 4.52. The van der Waals surface area contributed by atoms with E-state index < -0.39 is 0 Å². The topological polar surface area (TPSA) is 58.6 Å². The minimum absolute atomic E-state index is 0.689. The summed E-state index contributed by atoms with van der Waals surface area (Å²) in [6, 6.07) is 4.06. The van der Waals surface area contributed by atoms with Gasteiger partial charge in [0, 0.05) is 32.5 Å². The fraction of sp³-hybridized carbons (Fsp3) is 0.385. The van der Waals surface area contributed by atoms with Gasteiger partial charge in [-0.15, -0.1) is 0 Å². The summed E-state index contributed by atoms with van der Waals surface area (Å²) in [6.07, 6.45) is 5.86. The zero-order valence-electron chi connectivity index (χ0n) is 10.7. The number of nitriles is 1. The van der Waals surface area contributed by atoms with Crippen LogP contribution in [-0.2, 0) is 20.1 Å². The number of aryl methyl sites for hydroxylation is 2. The van der Waals surface area contributed by atoms with E-state index in [-0.39, 0.29) is 0 Å². The second-order valence-corrected chi connectivity index (χ2v) is 4.41. The molecule has 0 saturated heterocycles. The van der Waals surface area contributed by atoms with Crippen molar-refractivity contribution < 1.29 is 0 Å². The van der Waals surface area contributed by atoms with Crippen LogP contribution in [0.5, 0.6) is 0 Å². The Bertz CT molecular complexity index is 558. The monoisotopic (exact) mass is 243 g/mol. The van der Waals surface area contributed by atoms with Gasteiger partial charge in [-0.3, -0.25) is 4.68 Å². The molecule has 0 saturated carbocycles. The van der Waals surface area contributed by atoms with Gasteiger partial charge in [-0.2, -0.15) is 10.4 Å². The van der Waals surface area contributed by atoms with E-state index in [0.29, 0.717) is 5.69 Å². The van der Waals surface area contributed by atoms with Crippen LogP contribution in [-0.4, -0.2) is 20.9 Å². The Morgan fingerprint density at radius 2 is 2.28 bits per heavy atom. The molecule has 2 aromatic rings. The highest BCUT2D eigenvalue weighted by Crippen LogP contribution is 2.05. The second-order valence-electron chi connectivity index (χ2n) is 4.41. The van der Waals surface area contributed by atoms with Crippen molar-refractivity contribution in [2.24, 2.45) is 7.05 Å². The largest absolute Gasteiger partial charge is 0.342 e. The molecule has 2 aromatic heterocycles. The maximum Gasteiger partial charge on any atom is 0.120 e. The van der Waals surface area contributed by atoms with Gasteiger partial charge in [-0.25, -0.2) is 0 Å². The minimum Gasteiger partial charge on any atom is -0.342 e. The lowest BCUT2D eigenvalue weighted by molar-refractivity contribution is 0.554. The van der Waals surface area contributed by atoms with E-state index in [0.717, 1.165) is 25.2 Å². The third-order valence-electron chi connectivity index (χ3n) is 2.79. The van der Waals surface area contributed by atoms with Crippen molar-refractivity contribution >= 4 is 0 Å². The summed E-state index contributed by atoms with van der Waals surface area (Å²) in [5.74, 6) is 0. The fourth-order valence-electron chi connectivity index (χ4n) is 1.86. The lowest BCUT2D eigenvalue weighted by atomic mass is 10.3. The molecule has 2 rings (SSSR count). The van der Waals surface area contributed by atoms with Crippen molar-refractivity contribution in [2.75, 3.05) is 6.54 Å². The zero-order valence-corrected chi connectivity index (χ0v) is 10.7. The molecular formula is C13H17N5. The molecule has 94 valence electrons. The van der Waals surface area contributed by atoms with E-state index >= 15 is 0 Å².